The maximum atomic E-state index is 11.5. The molecule has 6 heteroatoms. The lowest BCUT2D eigenvalue weighted by molar-refractivity contribution is -0.124. The molecule has 1 unspecified atom stereocenters. The standard InChI is InChI=1S/C9H17N5O/c1-7(3-4-10)9(15)11-5-8-13-12-6-14(8)2/h6-7H,3-5,10H2,1-2H3,(H,11,15). The van der Waals surface area contributed by atoms with Gasteiger partial charge in [0.15, 0.2) is 5.82 Å². The molecule has 0 fully saturated rings. The van der Waals surface area contributed by atoms with Crippen LogP contribution in [0.2, 0.25) is 0 Å². The van der Waals surface area contributed by atoms with Gasteiger partial charge in [-0.3, -0.25) is 4.79 Å². The lowest BCUT2D eigenvalue weighted by Crippen LogP contribution is -2.30. The van der Waals surface area contributed by atoms with Gasteiger partial charge in [0.25, 0.3) is 0 Å². The van der Waals surface area contributed by atoms with Gasteiger partial charge in [0.2, 0.25) is 5.91 Å². The van der Waals surface area contributed by atoms with Crippen LogP contribution in [-0.4, -0.2) is 27.2 Å². The van der Waals surface area contributed by atoms with Gasteiger partial charge in [-0.25, -0.2) is 0 Å². The summed E-state index contributed by atoms with van der Waals surface area (Å²) in [6.07, 6.45) is 2.30. The number of rotatable bonds is 5. The number of nitrogens with two attached hydrogens (primary N) is 1. The minimum Gasteiger partial charge on any atom is -0.349 e. The van der Waals surface area contributed by atoms with Crippen LogP contribution in [0.3, 0.4) is 0 Å². The van der Waals surface area contributed by atoms with Crippen LogP contribution in [0, 0.1) is 5.92 Å². The van der Waals surface area contributed by atoms with E-state index in [2.05, 4.69) is 15.5 Å². The fourth-order valence-corrected chi connectivity index (χ4v) is 1.19. The summed E-state index contributed by atoms with van der Waals surface area (Å²) in [5.74, 6) is 0.690. The predicted octanol–water partition coefficient (Wildman–Crippen LogP) is -0.584. The van der Waals surface area contributed by atoms with Crippen molar-refractivity contribution in [2.75, 3.05) is 6.54 Å². The quantitative estimate of drug-likeness (QED) is 0.682. The number of carbonyl (C=O) groups excluding carboxylic acids is 1. The van der Waals surface area contributed by atoms with Gasteiger partial charge in [0.1, 0.15) is 6.33 Å². The van der Waals surface area contributed by atoms with Crippen LogP contribution in [-0.2, 0) is 18.4 Å². The van der Waals surface area contributed by atoms with Gasteiger partial charge < -0.3 is 15.6 Å². The number of aryl methyl sites for hydroxylation is 1. The third-order valence-electron chi connectivity index (χ3n) is 2.27. The Bertz CT molecular complexity index is 322. The molecule has 0 aliphatic heterocycles. The van der Waals surface area contributed by atoms with Gasteiger partial charge in [-0.1, -0.05) is 6.92 Å². The number of nitrogens with zero attached hydrogens (tertiary/aromatic N) is 3. The van der Waals surface area contributed by atoms with Gasteiger partial charge >= 0.3 is 0 Å². The summed E-state index contributed by atoms with van der Waals surface area (Å²) in [5.41, 5.74) is 5.38. The van der Waals surface area contributed by atoms with Gasteiger partial charge in [-0.15, -0.1) is 10.2 Å². The van der Waals surface area contributed by atoms with Crippen molar-refractivity contribution >= 4 is 5.91 Å². The SMILES string of the molecule is CC(CCN)C(=O)NCc1nncn1C. The molecule has 1 aromatic heterocycles. The molecule has 1 amide bonds. The molecular weight excluding hydrogens is 194 g/mol. The van der Waals surface area contributed by atoms with E-state index in [1.807, 2.05) is 14.0 Å². The van der Waals surface area contributed by atoms with E-state index in [9.17, 15) is 4.79 Å². The zero-order valence-electron chi connectivity index (χ0n) is 9.10. The molecule has 6 nitrogen and oxygen atoms in total. The molecule has 0 radical (unpaired) electrons. The Balaban J connectivity index is 2.37. The molecule has 0 aliphatic rings. The first-order valence-electron chi connectivity index (χ1n) is 4.95. The van der Waals surface area contributed by atoms with Gasteiger partial charge in [-0.2, -0.15) is 0 Å². The van der Waals surface area contributed by atoms with Crippen molar-refractivity contribution in [3.8, 4) is 0 Å². The van der Waals surface area contributed by atoms with Crippen LogP contribution < -0.4 is 11.1 Å². The second-order valence-electron chi connectivity index (χ2n) is 3.55. The van der Waals surface area contributed by atoms with Crippen LogP contribution in [0.5, 0.6) is 0 Å². The normalized spacial score (nSPS) is 12.5. The molecule has 1 heterocycles. The Hall–Kier alpha value is -1.43. The zero-order valence-corrected chi connectivity index (χ0v) is 9.10. The van der Waals surface area contributed by atoms with Crippen molar-refractivity contribution in [3.63, 3.8) is 0 Å². The van der Waals surface area contributed by atoms with E-state index >= 15 is 0 Å². The van der Waals surface area contributed by atoms with Gasteiger partial charge in [0.05, 0.1) is 6.54 Å². The second kappa shape index (κ2) is 5.45. The van der Waals surface area contributed by atoms with Crippen molar-refractivity contribution in [2.24, 2.45) is 18.7 Å². The lowest BCUT2D eigenvalue weighted by atomic mass is 10.1. The van der Waals surface area contributed by atoms with Crippen molar-refractivity contribution < 1.29 is 4.79 Å². The van der Waals surface area contributed by atoms with Crippen LogP contribution in [0.1, 0.15) is 19.2 Å². The minimum atomic E-state index is -0.0526. The molecule has 0 aromatic carbocycles. The average Bonchev–Trinajstić information content (AvgIpc) is 2.61. The summed E-state index contributed by atoms with van der Waals surface area (Å²) in [6.45, 7) is 2.79. The summed E-state index contributed by atoms with van der Waals surface area (Å²) >= 11 is 0. The lowest BCUT2D eigenvalue weighted by Gasteiger charge is -2.10. The number of hydrogen-bond donors (Lipinski definition) is 2. The maximum Gasteiger partial charge on any atom is 0.223 e. The number of hydrogen-bond acceptors (Lipinski definition) is 4. The summed E-state index contributed by atoms with van der Waals surface area (Å²) in [7, 11) is 1.84. The van der Waals surface area contributed by atoms with E-state index < -0.39 is 0 Å². The van der Waals surface area contributed by atoms with Crippen molar-refractivity contribution in [3.05, 3.63) is 12.2 Å². The van der Waals surface area contributed by atoms with E-state index in [1.165, 1.54) is 0 Å². The third kappa shape index (κ3) is 3.32. The monoisotopic (exact) mass is 211 g/mol. The number of carbonyl (C=O) groups is 1. The summed E-state index contributed by atoms with van der Waals surface area (Å²) in [5, 5.41) is 10.4. The van der Waals surface area contributed by atoms with Crippen molar-refractivity contribution in [1.82, 2.24) is 20.1 Å². The topological polar surface area (TPSA) is 85.8 Å². The van der Waals surface area contributed by atoms with Crippen LogP contribution >= 0.6 is 0 Å². The van der Waals surface area contributed by atoms with E-state index in [1.54, 1.807) is 10.9 Å². The highest BCUT2D eigenvalue weighted by atomic mass is 16.1. The predicted molar refractivity (Wildman–Crippen MR) is 55.7 cm³/mol. The molecule has 0 saturated carbocycles. The Kier molecular flexibility index (Phi) is 4.23. The third-order valence-corrected chi connectivity index (χ3v) is 2.27. The van der Waals surface area contributed by atoms with Crippen molar-refractivity contribution in [1.29, 1.82) is 0 Å². The molecule has 0 spiro atoms. The van der Waals surface area contributed by atoms with E-state index in [4.69, 9.17) is 5.73 Å². The van der Waals surface area contributed by atoms with Gasteiger partial charge in [-0.05, 0) is 13.0 Å². The molecule has 84 valence electrons. The molecule has 1 aromatic rings. The van der Waals surface area contributed by atoms with Crippen molar-refractivity contribution in [2.45, 2.75) is 19.9 Å². The zero-order chi connectivity index (χ0) is 11.3. The first kappa shape index (κ1) is 11.6. The summed E-state index contributed by atoms with van der Waals surface area (Å²) in [4.78, 5) is 11.5. The fraction of sp³-hybridized carbons (Fsp3) is 0.667. The summed E-state index contributed by atoms with van der Waals surface area (Å²) < 4.78 is 1.77. The molecule has 0 saturated heterocycles. The Morgan fingerprint density at radius 2 is 2.47 bits per heavy atom. The van der Waals surface area contributed by atoms with Crippen LogP contribution in [0.25, 0.3) is 0 Å². The molecule has 15 heavy (non-hydrogen) atoms. The van der Waals surface area contributed by atoms with Crippen LogP contribution in [0.15, 0.2) is 6.33 Å². The maximum absolute atomic E-state index is 11.5. The highest BCUT2D eigenvalue weighted by molar-refractivity contribution is 5.78. The molecule has 3 N–H and O–H groups in total. The molecule has 1 atom stereocenters. The Labute approximate surface area is 88.9 Å². The highest BCUT2D eigenvalue weighted by Gasteiger charge is 2.12. The van der Waals surface area contributed by atoms with E-state index in [0.29, 0.717) is 19.5 Å². The molecular formula is C9H17N5O. The Morgan fingerprint density at radius 1 is 1.73 bits per heavy atom. The minimum absolute atomic E-state index is 0.00319. The average molecular weight is 211 g/mol. The van der Waals surface area contributed by atoms with E-state index in [0.717, 1.165) is 5.82 Å². The largest absolute Gasteiger partial charge is 0.349 e. The molecule has 1 rings (SSSR count). The number of aromatic nitrogens is 3. The smallest absolute Gasteiger partial charge is 0.223 e. The highest BCUT2D eigenvalue weighted by Crippen LogP contribution is 2.00. The number of nitrogens with one attached hydrogen (secondary N) is 1. The first-order valence-corrected chi connectivity index (χ1v) is 4.95. The molecule has 0 bridgehead atoms. The number of amides is 1. The first-order chi connectivity index (χ1) is 7.15. The summed E-state index contributed by atoms with van der Waals surface area (Å²) in [6, 6.07) is 0. The fourth-order valence-electron chi connectivity index (χ4n) is 1.19. The molecule has 0 aliphatic carbocycles. The van der Waals surface area contributed by atoms with Crippen LogP contribution in [0.4, 0.5) is 0 Å². The second-order valence-corrected chi connectivity index (χ2v) is 3.55. The van der Waals surface area contributed by atoms with E-state index in [-0.39, 0.29) is 11.8 Å². The Morgan fingerprint density at radius 3 is 3.00 bits per heavy atom. The van der Waals surface area contributed by atoms with Gasteiger partial charge in [0, 0.05) is 13.0 Å².